The SMILES string of the molecule is CC(=O)Nc1cccc(NC(=O)[C@H]2c3ccccc3C(=O)N(C)[C@@H]2c2ccc3c(c2)OCO3)c1. The summed E-state index contributed by atoms with van der Waals surface area (Å²) in [5, 5.41) is 5.69. The first kappa shape index (κ1) is 21.5. The minimum Gasteiger partial charge on any atom is -0.454 e. The van der Waals surface area contributed by atoms with Gasteiger partial charge in [0.1, 0.15) is 0 Å². The summed E-state index contributed by atoms with van der Waals surface area (Å²) >= 11 is 0. The highest BCUT2D eigenvalue weighted by Crippen LogP contribution is 2.45. The van der Waals surface area contributed by atoms with E-state index in [1.807, 2.05) is 24.3 Å². The van der Waals surface area contributed by atoms with Gasteiger partial charge in [-0.1, -0.05) is 30.3 Å². The molecule has 2 aliphatic rings. The highest BCUT2D eigenvalue weighted by atomic mass is 16.7. The Morgan fingerprint density at radius 3 is 2.44 bits per heavy atom. The third-order valence-electron chi connectivity index (χ3n) is 6.05. The second-order valence-electron chi connectivity index (χ2n) is 8.29. The molecular weight excluding hydrogens is 434 g/mol. The van der Waals surface area contributed by atoms with Gasteiger partial charge in [0.05, 0.1) is 12.0 Å². The summed E-state index contributed by atoms with van der Waals surface area (Å²) < 4.78 is 11.0. The van der Waals surface area contributed by atoms with E-state index < -0.39 is 12.0 Å². The van der Waals surface area contributed by atoms with E-state index >= 15 is 0 Å². The van der Waals surface area contributed by atoms with Crippen LogP contribution in [0.1, 0.15) is 40.4 Å². The van der Waals surface area contributed by atoms with Gasteiger partial charge in [-0.15, -0.1) is 0 Å². The number of carbonyl (C=O) groups is 3. The monoisotopic (exact) mass is 457 g/mol. The van der Waals surface area contributed by atoms with Crippen molar-refractivity contribution in [3.8, 4) is 11.5 Å². The van der Waals surface area contributed by atoms with Crippen molar-refractivity contribution in [2.75, 3.05) is 24.5 Å². The van der Waals surface area contributed by atoms with Crippen molar-refractivity contribution in [1.29, 1.82) is 0 Å². The zero-order valence-electron chi connectivity index (χ0n) is 18.7. The number of hydrogen-bond acceptors (Lipinski definition) is 5. The second-order valence-corrected chi connectivity index (χ2v) is 8.29. The highest BCUT2D eigenvalue weighted by molar-refractivity contribution is 6.04. The van der Waals surface area contributed by atoms with Gasteiger partial charge in [-0.25, -0.2) is 0 Å². The largest absolute Gasteiger partial charge is 0.454 e. The smallest absolute Gasteiger partial charge is 0.254 e. The van der Waals surface area contributed by atoms with Gasteiger partial charge in [0.15, 0.2) is 11.5 Å². The first-order valence-corrected chi connectivity index (χ1v) is 10.9. The number of hydrogen-bond donors (Lipinski definition) is 2. The number of nitrogens with zero attached hydrogens (tertiary/aromatic N) is 1. The lowest BCUT2D eigenvalue weighted by Crippen LogP contribution is -2.44. The molecule has 2 aliphatic heterocycles. The third-order valence-corrected chi connectivity index (χ3v) is 6.05. The Morgan fingerprint density at radius 2 is 1.65 bits per heavy atom. The van der Waals surface area contributed by atoms with Crippen LogP contribution in [0.3, 0.4) is 0 Å². The number of benzene rings is 3. The van der Waals surface area contributed by atoms with Crippen LogP contribution in [-0.2, 0) is 9.59 Å². The summed E-state index contributed by atoms with van der Waals surface area (Å²) in [6.45, 7) is 1.56. The maximum Gasteiger partial charge on any atom is 0.254 e. The molecule has 172 valence electrons. The molecule has 0 bridgehead atoms. The van der Waals surface area contributed by atoms with Gasteiger partial charge in [0.2, 0.25) is 18.6 Å². The van der Waals surface area contributed by atoms with Crippen LogP contribution < -0.4 is 20.1 Å². The lowest BCUT2D eigenvalue weighted by Gasteiger charge is -2.39. The van der Waals surface area contributed by atoms with Crippen molar-refractivity contribution >= 4 is 29.1 Å². The normalized spacial score (nSPS) is 18.3. The topological polar surface area (TPSA) is 97.0 Å². The number of likely N-dealkylation sites (N-methyl/N-ethyl adjacent to an activating group) is 1. The van der Waals surface area contributed by atoms with Crippen molar-refractivity contribution in [3.05, 3.63) is 83.4 Å². The van der Waals surface area contributed by atoms with Crippen molar-refractivity contribution < 1.29 is 23.9 Å². The highest BCUT2D eigenvalue weighted by Gasteiger charge is 2.43. The van der Waals surface area contributed by atoms with Gasteiger partial charge in [0.25, 0.3) is 5.91 Å². The molecular formula is C26H23N3O5. The number of anilines is 2. The molecule has 0 spiro atoms. The van der Waals surface area contributed by atoms with Crippen LogP contribution in [0.5, 0.6) is 11.5 Å². The van der Waals surface area contributed by atoms with E-state index in [0.29, 0.717) is 34.0 Å². The van der Waals surface area contributed by atoms with Crippen LogP contribution in [0.4, 0.5) is 11.4 Å². The molecule has 0 aromatic heterocycles. The molecule has 3 aromatic rings. The van der Waals surface area contributed by atoms with E-state index in [1.54, 1.807) is 54.4 Å². The van der Waals surface area contributed by atoms with Gasteiger partial charge >= 0.3 is 0 Å². The Hall–Kier alpha value is -4.33. The molecule has 0 radical (unpaired) electrons. The van der Waals surface area contributed by atoms with Gasteiger partial charge in [0, 0.05) is 30.9 Å². The zero-order valence-corrected chi connectivity index (χ0v) is 18.7. The fourth-order valence-electron chi connectivity index (χ4n) is 4.57. The first-order chi connectivity index (χ1) is 16.4. The van der Waals surface area contributed by atoms with E-state index in [2.05, 4.69) is 10.6 Å². The first-order valence-electron chi connectivity index (χ1n) is 10.9. The van der Waals surface area contributed by atoms with Crippen molar-refractivity contribution in [2.24, 2.45) is 0 Å². The lowest BCUT2D eigenvalue weighted by molar-refractivity contribution is -0.119. The number of ether oxygens (including phenoxy) is 2. The lowest BCUT2D eigenvalue weighted by atomic mass is 9.79. The summed E-state index contributed by atoms with van der Waals surface area (Å²) in [7, 11) is 1.70. The number of amides is 3. The molecule has 5 rings (SSSR count). The Kier molecular flexibility index (Phi) is 5.41. The van der Waals surface area contributed by atoms with Crippen LogP contribution in [0, 0.1) is 0 Å². The van der Waals surface area contributed by atoms with Gasteiger partial charge in [-0.2, -0.15) is 0 Å². The number of carbonyl (C=O) groups excluding carboxylic acids is 3. The predicted octanol–water partition coefficient (Wildman–Crippen LogP) is 3.92. The number of nitrogens with one attached hydrogen (secondary N) is 2. The fourth-order valence-corrected chi connectivity index (χ4v) is 4.57. The molecule has 2 atom stereocenters. The molecule has 0 unspecified atom stereocenters. The molecule has 3 aromatic carbocycles. The van der Waals surface area contributed by atoms with E-state index in [4.69, 9.17) is 9.47 Å². The van der Waals surface area contributed by atoms with Crippen LogP contribution in [0.2, 0.25) is 0 Å². The molecule has 0 saturated carbocycles. The van der Waals surface area contributed by atoms with Crippen LogP contribution >= 0.6 is 0 Å². The molecule has 0 fully saturated rings. The third kappa shape index (κ3) is 3.83. The Morgan fingerprint density at radius 1 is 0.912 bits per heavy atom. The average molecular weight is 457 g/mol. The molecule has 2 heterocycles. The quantitative estimate of drug-likeness (QED) is 0.619. The predicted molar refractivity (Wildman–Crippen MR) is 126 cm³/mol. The minimum absolute atomic E-state index is 0.135. The van der Waals surface area contributed by atoms with Crippen molar-refractivity contribution in [1.82, 2.24) is 4.90 Å². The van der Waals surface area contributed by atoms with E-state index in [1.165, 1.54) is 6.92 Å². The van der Waals surface area contributed by atoms with Gasteiger partial charge < -0.3 is 25.0 Å². The van der Waals surface area contributed by atoms with Crippen molar-refractivity contribution in [3.63, 3.8) is 0 Å². The summed E-state index contributed by atoms with van der Waals surface area (Å²) in [6.07, 6.45) is 0. The molecule has 8 nitrogen and oxygen atoms in total. The maximum atomic E-state index is 13.7. The maximum absolute atomic E-state index is 13.7. The van der Waals surface area contributed by atoms with Crippen LogP contribution in [0.25, 0.3) is 0 Å². The summed E-state index contributed by atoms with van der Waals surface area (Å²) in [6, 6.07) is 19.0. The fraction of sp³-hybridized carbons (Fsp3) is 0.192. The van der Waals surface area contributed by atoms with Crippen molar-refractivity contribution in [2.45, 2.75) is 18.9 Å². The Labute approximate surface area is 196 Å². The molecule has 8 heteroatoms. The minimum atomic E-state index is -0.677. The van der Waals surface area contributed by atoms with Crippen LogP contribution in [-0.4, -0.2) is 36.5 Å². The zero-order chi connectivity index (χ0) is 23.8. The van der Waals surface area contributed by atoms with Crippen LogP contribution in [0.15, 0.2) is 66.7 Å². The molecule has 34 heavy (non-hydrogen) atoms. The van der Waals surface area contributed by atoms with Gasteiger partial charge in [-0.05, 0) is 47.5 Å². The summed E-state index contributed by atoms with van der Waals surface area (Å²) in [5.74, 6) is -0.0927. The number of rotatable bonds is 4. The molecule has 3 amide bonds. The molecule has 0 saturated heterocycles. The molecule has 0 aliphatic carbocycles. The van der Waals surface area contributed by atoms with E-state index in [9.17, 15) is 14.4 Å². The summed E-state index contributed by atoms with van der Waals surface area (Å²) in [4.78, 5) is 40.0. The number of fused-ring (bicyclic) bond motifs is 2. The average Bonchev–Trinajstić information content (AvgIpc) is 3.29. The standard InChI is InChI=1S/C26H23N3O5/c1-15(30)27-17-6-5-7-18(13-17)28-25(31)23-19-8-3-4-9-20(19)26(32)29(2)24(23)16-10-11-21-22(12-16)34-14-33-21/h3-13,23-24H,14H2,1-2H3,(H,27,30)(H,28,31)/t23-,24+/m0/s1. The Bertz CT molecular complexity index is 1310. The molecule has 2 N–H and O–H groups in total. The van der Waals surface area contributed by atoms with E-state index in [0.717, 1.165) is 5.56 Å². The summed E-state index contributed by atoms with van der Waals surface area (Å²) in [5.41, 5.74) is 3.03. The van der Waals surface area contributed by atoms with E-state index in [-0.39, 0.29) is 24.5 Å². The van der Waals surface area contributed by atoms with Gasteiger partial charge in [-0.3, -0.25) is 14.4 Å². The second kappa shape index (κ2) is 8.55. The Balaban J connectivity index is 1.55.